The second kappa shape index (κ2) is 10.7. The molecular weight excluding hydrogens is 418 g/mol. The molecule has 1 fully saturated rings. The highest BCUT2D eigenvalue weighted by atomic mass is 16.7. The second-order valence-electron chi connectivity index (χ2n) is 6.59. The van der Waals surface area contributed by atoms with Crippen LogP contribution in [0.1, 0.15) is 20.8 Å². The van der Waals surface area contributed by atoms with E-state index >= 15 is 0 Å². The quantitative estimate of drug-likeness (QED) is 0.247. The van der Waals surface area contributed by atoms with Crippen molar-refractivity contribution in [1.29, 1.82) is 0 Å². The maximum atomic E-state index is 11.7. The smallest absolute Gasteiger partial charge is 0.303 e. The van der Waals surface area contributed by atoms with Gasteiger partial charge in [0.1, 0.15) is 11.9 Å². The SMILES string of the molecule is COC[C@H]1O[C@H](Oc2ccc([N+](=O)[O-])cc2)[C@H](OC(C)=O)[C@@H](OC(C)=O)[C@H]1OC(C)=O. The molecule has 12 nitrogen and oxygen atoms in total. The molecule has 170 valence electrons. The van der Waals surface area contributed by atoms with Gasteiger partial charge in [0.15, 0.2) is 12.2 Å². The van der Waals surface area contributed by atoms with Crippen LogP contribution in [0.5, 0.6) is 5.75 Å². The van der Waals surface area contributed by atoms with Crippen LogP contribution in [0, 0.1) is 10.1 Å². The van der Waals surface area contributed by atoms with Gasteiger partial charge in [-0.3, -0.25) is 24.5 Å². The number of nitrogens with zero attached hydrogens (tertiary/aromatic N) is 1. The van der Waals surface area contributed by atoms with Crippen LogP contribution >= 0.6 is 0 Å². The van der Waals surface area contributed by atoms with Crippen LogP contribution in [-0.4, -0.2) is 67.3 Å². The van der Waals surface area contributed by atoms with Gasteiger partial charge < -0.3 is 28.4 Å². The molecular formula is C19H23NO11. The zero-order valence-corrected chi connectivity index (χ0v) is 17.3. The minimum atomic E-state index is -1.31. The van der Waals surface area contributed by atoms with Crippen molar-refractivity contribution in [2.45, 2.75) is 51.5 Å². The molecule has 2 rings (SSSR count). The van der Waals surface area contributed by atoms with E-state index in [4.69, 9.17) is 28.4 Å². The number of carbonyl (C=O) groups excluding carboxylic acids is 3. The number of esters is 3. The summed E-state index contributed by atoms with van der Waals surface area (Å²) in [6.07, 6.45) is -5.96. The van der Waals surface area contributed by atoms with Crippen molar-refractivity contribution in [1.82, 2.24) is 0 Å². The third-order valence-corrected chi connectivity index (χ3v) is 4.13. The van der Waals surface area contributed by atoms with Gasteiger partial charge in [0.2, 0.25) is 12.4 Å². The molecule has 0 unspecified atom stereocenters. The molecule has 0 bridgehead atoms. The van der Waals surface area contributed by atoms with Crippen LogP contribution < -0.4 is 4.74 Å². The fourth-order valence-electron chi connectivity index (χ4n) is 3.03. The van der Waals surface area contributed by atoms with Crippen LogP contribution in [0.25, 0.3) is 0 Å². The summed E-state index contributed by atoms with van der Waals surface area (Å²) in [4.78, 5) is 45.3. The molecule has 1 aromatic rings. The monoisotopic (exact) mass is 441 g/mol. The molecule has 5 atom stereocenters. The first-order valence-electron chi connectivity index (χ1n) is 9.19. The predicted octanol–water partition coefficient (Wildman–Crippen LogP) is 1.14. The zero-order valence-electron chi connectivity index (χ0n) is 17.3. The van der Waals surface area contributed by atoms with Crippen LogP contribution in [0.3, 0.4) is 0 Å². The van der Waals surface area contributed by atoms with Crippen molar-refractivity contribution in [3.05, 3.63) is 34.4 Å². The Balaban J connectivity index is 2.40. The Hall–Kier alpha value is -3.25. The van der Waals surface area contributed by atoms with Crippen LogP contribution in [0.4, 0.5) is 5.69 Å². The van der Waals surface area contributed by atoms with Crippen molar-refractivity contribution in [2.24, 2.45) is 0 Å². The minimum Gasteiger partial charge on any atom is -0.461 e. The first-order chi connectivity index (χ1) is 14.6. The molecule has 0 N–H and O–H groups in total. The van der Waals surface area contributed by atoms with Gasteiger partial charge in [-0.2, -0.15) is 0 Å². The maximum Gasteiger partial charge on any atom is 0.303 e. The standard InChI is InChI=1S/C19H23NO11/c1-10(21)27-16-15(9-26-4)31-19(18(29-12(3)23)17(16)28-11(2)22)30-14-7-5-13(6-8-14)20(24)25/h5-8,15-19H,9H2,1-4H3/t15-,16+,17+,18-,19+/m1/s1. The van der Waals surface area contributed by atoms with Gasteiger partial charge >= 0.3 is 17.9 Å². The minimum absolute atomic E-state index is 0.0668. The predicted molar refractivity (Wildman–Crippen MR) is 101 cm³/mol. The molecule has 1 aliphatic rings. The summed E-state index contributed by atoms with van der Waals surface area (Å²) in [6.45, 7) is 3.37. The van der Waals surface area contributed by atoms with Gasteiger partial charge in [0.05, 0.1) is 11.5 Å². The van der Waals surface area contributed by atoms with Crippen molar-refractivity contribution < 1.29 is 47.7 Å². The number of ether oxygens (including phenoxy) is 6. The molecule has 0 spiro atoms. The molecule has 31 heavy (non-hydrogen) atoms. The van der Waals surface area contributed by atoms with Crippen LogP contribution in [-0.2, 0) is 38.1 Å². The molecule has 0 radical (unpaired) electrons. The molecule has 0 amide bonds. The number of hydrogen-bond acceptors (Lipinski definition) is 11. The Morgan fingerprint density at radius 1 is 0.935 bits per heavy atom. The van der Waals surface area contributed by atoms with Crippen molar-refractivity contribution in [2.75, 3.05) is 13.7 Å². The summed E-state index contributed by atoms with van der Waals surface area (Å²) in [5.41, 5.74) is -0.154. The maximum absolute atomic E-state index is 11.7. The number of carbonyl (C=O) groups is 3. The van der Waals surface area contributed by atoms with E-state index in [1.54, 1.807) is 0 Å². The molecule has 1 aromatic carbocycles. The molecule has 0 aliphatic carbocycles. The van der Waals surface area contributed by atoms with Gasteiger partial charge in [0.25, 0.3) is 5.69 Å². The van der Waals surface area contributed by atoms with Crippen LogP contribution in [0.2, 0.25) is 0 Å². The van der Waals surface area contributed by atoms with Crippen LogP contribution in [0.15, 0.2) is 24.3 Å². The highest BCUT2D eigenvalue weighted by molar-refractivity contribution is 5.68. The topological polar surface area (TPSA) is 150 Å². The highest BCUT2D eigenvalue weighted by Crippen LogP contribution is 2.31. The molecule has 1 saturated heterocycles. The van der Waals surface area contributed by atoms with Crippen molar-refractivity contribution >= 4 is 23.6 Å². The van der Waals surface area contributed by atoms with Crippen molar-refractivity contribution in [3.63, 3.8) is 0 Å². The second-order valence-corrected chi connectivity index (χ2v) is 6.59. The Kier molecular flexibility index (Phi) is 8.28. The number of nitro benzene ring substituents is 1. The average molecular weight is 441 g/mol. The van der Waals surface area contributed by atoms with Gasteiger partial charge in [-0.15, -0.1) is 0 Å². The normalized spacial score (nSPS) is 25.2. The Labute approximate surface area is 177 Å². The lowest BCUT2D eigenvalue weighted by molar-refractivity contribution is -0.384. The van der Waals surface area contributed by atoms with E-state index in [1.165, 1.54) is 31.4 Å². The third-order valence-electron chi connectivity index (χ3n) is 4.13. The summed E-state index contributed by atoms with van der Waals surface area (Å²) < 4.78 is 32.5. The number of rotatable bonds is 8. The summed E-state index contributed by atoms with van der Waals surface area (Å²) in [5.74, 6) is -1.96. The lowest BCUT2D eigenvalue weighted by atomic mass is 9.98. The number of hydrogen-bond donors (Lipinski definition) is 0. The van der Waals surface area contributed by atoms with E-state index in [0.717, 1.165) is 20.8 Å². The van der Waals surface area contributed by atoms with E-state index in [9.17, 15) is 24.5 Å². The first-order valence-corrected chi connectivity index (χ1v) is 9.19. The van der Waals surface area contributed by atoms with E-state index in [1.807, 2.05) is 0 Å². The summed E-state index contributed by atoms with van der Waals surface area (Å²) in [5, 5.41) is 10.8. The largest absolute Gasteiger partial charge is 0.461 e. The third kappa shape index (κ3) is 6.62. The van der Waals surface area contributed by atoms with E-state index in [-0.39, 0.29) is 18.0 Å². The van der Waals surface area contributed by atoms with E-state index < -0.39 is 53.5 Å². The average Bonchev–Trinajstić information content (AvgIpc) is 2.67. The molecule has 1 heterocycles. The Morgan fingerprint density at radius 3 is 1.94 bits per heavy atom. The highest BCUT2D eigenvalue weighted by Gasteiger charge is 2.53. The van der Waals surface area contributed by atoms with Gasteiger partial charge in [0, 0.05) is 40.0 Å². The molecule has 0 aromatic heterocycles. The molecule has 0 saturated carbocycles. The van der Waals surface area contributed by atoms with Gasteiger partial charge in [-0.05, 0) is 12.1 Å². The molecule has 1 aliphatic heterocycles. The fraction of sp³-hybridized carbons (Fsp3) is 0.526. The summed E-state index contributed by atoms with van der Waals surface area (Å²) in [6, 6.07) is 5.10. The van der Waals surface area contributed by atoms with E-state index in [0.29, 0.717) is 0 Å². The Morgan fingerprint density at radius 2 is 1.45 bits per heavy atom. The Bertz CT molecular complexity index is 810. The van der Waals surface area contributed by atoms with Gasteiger partial charge in [-0.1, -0.05) is 0 Å². The lowest BCUT2D eigenvalue weighted by Gasteiger charge is -2.44. The van der Waals surface area contributed by atoms with Gasteiger partial charge in [-0.25, -0.2) is 0 Å². The van der Waals surface area contributed by atoms with E-state index in [2.05, 4.69) is 0 Å². The number of methoxy groups -OCH3 is 1. The first kappa shape index (κ1) is 24.0. The number of non-ortho nitro benzene ring substituents is 1. The zero-order chi connectivity index (χ0) is 23.1. The molecule has 12 heteroatoms. The summed E-state index contributed by atoms with van der Waals surface area (Å²) >= 11 is 0. The number of benzene rings is 1. The van der Waals surface area contributed by atoms with Crippen molar-refractivity contribution in [3.8, 4) is 5.75 Å². The summed E-state index contributed by atoms with van der Waals surface area (Å²) in [7, 11) is 1.39. The fourth-order valence-corrected chi connectivity index (χ4v) is 3.03. The number of nitro groups is 1. The lowest BCUT2D eigenvalue weighted by Crippen LogP contribution is -2.63.